The van der Waals surface area contributed by atoms with Crippen molar-refractivity contribution in [2.75, 3.05) is 0 Å². The molecule has 1 aliphatic rings. The first kappa shape index (κ1) is 29.7. The van der Waals surface area contributed by atoms with Crippen molar-refractivity contribution in [1.82, 2.24) is 0 Å². The van der Waals surface area contributed by atoms with Crippen LogP contribution in [-0.4, -0.2) is 27.4 Å². The number of aryl methyl sites for hydroxylation is 1. The van der Waals surface area contributed by atoms with E-state index in [2.05, 4.69) is 30.3 Å². The third kappa shape index (κ3) is 9.44. The zero-order valence-corrected chi connectivity index (χ0v) is 23.9. The fraction of sp³-hybridized carbons (Fsp3) is 0.412. The molecule has 1 aliphatic carbocycles. The van der Waals surface area contributed by atoms with Crippen LogP contribution < -0.4 is 4.74 Å². The van der Waals surface area contributed by atoms with Crippen molar-refractivity contribution in [3.8, 4) is 5.75 Å². The second-order valence-electron chi connectivity index (χ2n) is 10.7. The lowest BCUT2D eigenvalue weighted by Gasteiger charge is -2.22. The molecule has 4 rings (SSSR count). The highest BCUT2D eigenvalue weighted by atomic mass is 32.2. The second kappa shape index (κ2) is 15.5. The van der Waals surface area contributed by atoms with Crippen molar-refractivity contribution in [3.63, 3.8) is 0 Å². The van der Waals surface area contributed by atoms with Crippen LogP contribution in [0, 0.1) is 0 Å². The Hall–Kier alpha value is -3.25. The van der Waals surface area contributed by atoms with E-state index < -0.39 is 11.9 Å². The summed E-state index contributed by atoms with van der Waals surface area (Å²) < 4.78 is 6.29. The number of aromatic carboxylic acids is 1. The number of carboxylic acid groups (broad SMARTS) is 2. The second-order valence-corrected chi connectivity index (χ2v) is 12.1. The summed E-state index contributed by atoms with van der Waals surface area (Å²) in [6.45, 7) is 0.533. The quantitative estimate of drug-likeness (QED) is 0.143. The molecular weight excluding hydrogens is 520 g/mol. The molecule has 1 fully saturated rings. The van der Waals surface area contributed by atoms with E-state index >= 15 is 0 Å². The number of carbonyl (C=O) groups is 2. The van der Waals surface area contributed by atoms with Crippen LogP contribution in [0.25, 0.3) is 0 Å². The topological polar surface area (TPSA) is 83.8 Å². The zero-order chi connectivity index (χ0) is 28.2. The van der Waals surface area contributed by atoms with Gasteiger partial charge in [-0.3, -0.25) is 4.79 Å². The first-order valence-electron chi connectivity index (χ1n) is 14.5. The summed E-state index contributed by atoms with van der Waals surface area (Å²) in [6.07, 6.45) is 11.0. The van der Waals surface area contributed by atoms with Crippen molar-refractivity contribution < 1.29 is 24.5 Å². The molecule has 40 heavy (non-hydrogen) atoms. The van der Waals surface area contributed by atoms with Gasteiger partial charge in [-0.2, -0.15) is 0 Å². The molecule has 6 heteroatoms. The number of benzene rings is 3. The first-order chi connectivity index (χ1) is 19.5. The van der Waals surface area contributed by atoms with Gasteiger partial charge in [0.2, 0.25) is 0 Å². The third-order valence-electron chi connectivity index (χ3n) is 7.73. The Morgan fingerprint density at radius 3 is 2.27 bits per heavy atom. The SMILES string of the molecule is O=C(O)CCCCC(CCc1ccccc1OCc1ccc(C2CCCCC2)cc1)Sc1ccc(C(=O)O)cc1. The molecule has 1 atom stereocenters. The minimum absolute atomic E-state index is 0.184. The van der Waals surface area contributed by atoms with Crippen LogP contribution in [0.5, 0.6) is 5.75 Å². The van der Waals surface area contributed by atoms with Gasteiger partial charge >= 0.3 is 11.9 Å². The van der Waals surface area contributed by atoms with E-state index in [1.54, 1.807) is 23.9 Å². The monoisotopic (exact) mass is 560 g/mol. The van der Waals surface area contributed by atoms with E-state index in [0.29, 0.717) is 18.9 Å². The molecule has 1 saturated carbocycles. The number of rotatable bonds is 15. The van der Waals surface area contributed by atoms with Gasteiger partial charge in [-0.15, -0.1) is 11.8 Å². The Kier molecular flexibility index (Phi) is 11.5. The van der Waals surface area contributed by atoms with Gasteiger partial charge in [-0.1, -0.05) is 68.1 Å². The van der Waals surface area contributed by atoms with Gasteiger partial charge < -0.3 is 14.9 Å². The number of thioether (sulfide) groups is 1. The van der Waals surface area contributed by atoms with E-state index in [9.17, 15) is 14.7 Å². The lowest BCUT2D eigenvalue weighted by Crippen LogP contribution is -2.07. The van der Waals surface area contributed by atoms with Crippen LogP contribution in [0.15, 0.2) is 77.7 Å². The largest absolute Gasteiger partial charge is 0.489 e. The molecule has 0 aromatic heterocycles. The molecule has 212 valence electrons. The summed E-state index contributed by atoms with van der Waals surface area (Å²) in [6, 6.07) is 24.1. The van der Waals surface area contributed by atoms with E-state index in [-0.39, 0.29) is 17.2 Å². The van der Waals surface area contributed by atoms with E-state index in [4.69, 9.17) is 9.84 Å². The van der Waals surface area contributed by atoms with Gasteiger partial charge in [0, 0.05) is 16.6 Å². The molecule has 0 radical (unpaired) electrons. The van der Waals surface area contributed by atoms with Gasteiger partial charge in [-0.25, -0.2) is 4.79 Å². The van der Waals surface area contributed by atoms with Crippen molar-refractivity contribution >= 4 is 23.7 Å². The Balaban J connectivity index is 1.35. The first-order valence-corrected chi connectivity index (χ1v) is 15.4. The van der Waals surface area contributed by atoms with Crippen LogP contribution >= 0.6 is 11.8 Å². The highest BCUT2D eigenvalue weighted by molar-refractivity contribution is 8.00. The molecule has 5 nitrogen and oxygen atoms in total. The lowest BCUT2D eigenvalue weighted by molar-refractivity contribution is -0.137. The van der Waals surface area contributed by atoms with Crippen molar-refractivity contribution in [2.24, 2.45) is 0 Å². The van der Waals surface area contributed by atoms with Crippen LogP contribution in [0.4, 0.5) is 0 Å². The van der Waals surface area contributed by atoms with Gasteiger partial charge in [-0.05, 0) is 91.5 Å². The minimum atomic E-state index is -0.932. The van der Waals surface area contributed by atoms with Crippen LogP contribution in [0.2, 0.25) is 0 Å². The molecule has 1 unspecified atom stereocenters. The van der Waals surface area contributed by atoms with E-state index in [0.717, 1.165) is 36.3 Å². The van der Waals surface area contributed by atoms with Gasteiger partial charge in [0.15, 0.2) is 0 Å². The number of carboxylic acids is 2. The normalized spacial score (nSPS) is 14.5. The predicted molar refractivity (Wildman–Crippen MR) is 161 cm³/mol. The zero-order valence-electron chi connectivity index (χ0n) is 23.1. The molecule has 0 amide bonds. The summed E-state index contributed by atoms with van der Waals surface area (Å²) in [5, 5.41) is 18.5. The maximum Gasteiger partial charge on any atom is 0.335 e. The lowest BCUT2D eigenvalue weighted by atomic mass is 9.84. The van der Waals surface area contributed by atoms with E-state index in [1.165, 1.54) is 48.8 Å². The third-order valence-corrected chi connectivity index (χ3v) is 9.08. The molecule has 0 saturated heterocycles. The number of hydrogen-bond acceptors (Lipinski definition) is 4. The molecule has 0 aliphatic heterocycles. The Morgan fingerprint density at radius 2 is 1.57 bits per heavy atom. The molecule has 0 heterocycles. The fourth-order valence-corrected chi connectivity index (χ4v) is 6.63. The summed E-state index contributed by atoms with van der Waals surface area (Å²) in [5.41, 5.74) is 4.06. The van der Waals surface area contributed by atoms with Gasteiger partial charge in [0.1, 0.15) is 12.4 Å². The van der Waals surface area contributed by atoms with Gasteiger partial charge in [0.25, 0.3) is 0 Å². The predicted octanol–water partition coefficient (Wildman–Crippen LogP) is 8.75. The number of unbranched alkanes of at least 4 members (excludes halogenated alkanes) is 1. The maximum absolute atomic E-state index is 11.2. The van der Waals surface area contributed by atoms with Crippen LogP contribution in [0.1, 0.15) is 97.2 Å². The van der Waals surface area contributed by atoms with Crippen LogP contribution in [0.3, 0.4) is 0 Å². The summed E-state index contributed by atoms with van der Waals surface area (Å²) in [7, 11) is 0. The molecule has 3 aromatic carbocycles. The molecule has 0 bridgehead atoms. The standard InChI is InChI=1S/C34H40O5S/c35-33(36)13-7-5-11-30(40-31-22-19-29(20-23-31)34(37)38)21-18-28-10-4-6-12-32(28)39-24-25-14-16-27(17-15-25)26-8-2-1-3-9-26/h4,6,10,12,14-17,19-20,22-23,26,30H,1-3,5,7-9,11,13,18,21,24H2,(H,35,36)(H,37,38). The number of ether oxygens (including phenoxy) is 1. The minimum Gasteiger partial charge on any atom is -0.489 e. The molecule has 3 aromatic rings. The Morgan fingerprint density at radius 1 is 0.850 bits per heavy atom. The summed E-state index contributed by atoms with van der Waals surface area (Å²) >= 11 is 1.74. The van der Waals surface area contributed by atoms with Crippen molar-refractivity contribution in [2.45, 2.75) is 93.3 Å². The van der Waals surface area contributed by atoms with Crippen molar-refractivity contribution in [1.29, 1.82) is 0 Å². The maximum atomic E-state index is 11.2. The van der Waals surface area contributed by atoms with Crippen LogP contribution in [-0.2, 0) is 17.8 Å². The summed E-state index contributed by atoms with van der Waals surface area (Å²) in [4.78, 5) is 23.2. The molecule has 0 spiro atoms. The smallest absolute Gasteiger partial charge is 0.335 e. The fourth-order valence-electron chi connectivity index (χ4n) is 5.43. The number of aliphatic carboxylic acids is 1. The molecular formula is C34H40O5S. The van der Waals surface area contributed by atoms with Gasteiger partial charge in [0.05, 0.1) is 5.56 Å². The average Bonchev–Trinajstić information content (AvgIpc) is 2.98. The highest BCUT2D eigenvalue weighted by Crippen LogP contribution is 2.34. The Bertz CT molecular complexity index is 1220. The number of hydrogen-bond donors (Lipinski definition) is 2. The summed E-state index contributed by atoms with van der Waals surface area (Å²) in [5.74, 6) is -0.0875. The Labute approximate surface area is 242 Å². The number of para-hydroxylation sites is 1. The van der Waals surface area contributed by atoms with Crippen molar-refractivity contribution in [3.05, 3.63) is 95.1 Å². The highest BCUT2D eigenvalue weighted by Gasteiger charge is 2.16. The van der Waals surface area contributed by atoms with E-state index in [1.807, 2.05) is 30.3 Å². The average molecular weight is 561 g/mol. The molecule has 2 N–H and O–H groups in total.